The smallest absolute Gasteiger partial charge is 0.0700 e. The van der Waals surface area contributed by atoms with Crippen molar-refractivity contribution in [3.8, 4) is 0 Å². The first kappa shape index (κ1) is 15.5. The van der Waals surface area contributed by atoms with E-state index >= 15 is 0 Å². The van der Waals surface area contributed by atoms with E-state index in [1.807, 2.05) is 0 Å². The molecule has 0 saturated heterocycles. The van der Waals surface area contributed by atoms with E-state index < -0.39 is 0 Å². The number of halogens is 1. The van der Waals surface area contributed by atoms with Crippen LogP contribution in [0, 0.1) is 17.8 Å². The SMILES string of the molecule is COCCOCCC1CC(C(C)C)CCC1Br. The van der Waals surface area contributed by atoms with Crippen molar-refractivity contribution in [1.82, 2.24) is 0 Å². The fourth-order valence-electron chi connectivity index (χ4n) is 2.65. The molecule has 0 aromatic rings. The van der Waals surface area contributed by atoms with Crippen molar-refractivity contribution in [3.63, 3.8) is 0 Å². The molecule has 1 aliphatic carbocycles. The number of hydrogen-bond acceptors (Lipinski definition) is 2. The molecule has 1 fully saturated rings. The van der Waals surface area contributed by atoms with Gasteiger partial charge in [-0.25, -0.2) is 0 Å². The minimum absolute atomic E-state index is 0.698. The Morgan fingerprint density at radius 3 is 2.59 bits per heavy atom. The summed E-state index contributed by atoms with van der Waals surface area (Å²) in [6, 6.07) is 0. The van der Waals surface area contributed by atoms with Gasteiger partial charge in [0.15, 0.2) is 0 Å². The second kappa shape index (κ2) is 8.49. The summed E-state index contributed by atoms with van der Waals surface area (Å²) in [6.45, 7) is 7.01. The molecule has 0 aliphatic heterocycles. The quantitative estimate of drug-likeness (QED) is 0.525. The van der Waals surface area contributed by atoms with Crippen LogP contribution < -0.4 is 0 Å². The predicted molar refractivity (Wildman–Crippen MR) is 75.7 cm³/mol. The average molecular weight is 307 g/mol. The Balaban J connectivity index is 2.20. The Morgan fingerprint density at radius 1 is 1.18 bits per heavy atom. The van der Waals surface area contributed by atoms with Crippen LogP contribution in [0.1, 0.15) is 39.5 Å². The molecule has 3 heteroatoms. The van der Waals surface area contributed by atoms with Crippen LogP contribution >= 0.6 is 15.9 Å². The average Bonchev–Trinajstić information content (AvgIpc) is 2.30. The summed E-state index contributed by atoms with van der Waals surface area (Å²) < 4.78 is 10.5. The van der Waals surface area contributed by atoms with E-state index in [1.165, 1.54) is 25.7 Å². The summed E-state index contributed by atoms with van der Waals surface area (Å²) in [4.78, 5) is 0.698. The van der Waals surface area contributed by atoms with Crippen LogP contribution in [0.5, 0.6) is 0 Å². The molecule has 3 atom stereocenters. The first-order valence-corrected chi connectivity index (χ1v) is 7.77. The van der Waals surface area contributed by atoms with E-state index in [1.54, 1.807) is 7.11 Å². The molecule has 0 amide bonds. The highest BCUT2D eigenvalue weighted by Gasteiger charge is 2.29. The van der Waals surface area contributed by atoms with E-state index in [9.17, 15) is 0 Å². The second-order valence-electron chi connectivity index (χ2n) is 5.49. The molecule has 0 N–H and O–H groups in total. The first-order chi connectivity index (χ1) is 8.15. The summed E-state index contributed by atoms with van der Waals surface area (Å²) >= 11 is 3.83. The highest BCUT2D eigenvalue weighted by atomic mass is 79.9. The van der Waals surface area contributed by atoms with E-state index in [4.69, 9.17) is 9.47 Å². The predicted octanol–water partition coefficient (Wildman–Crippen LogP) is 3.88. The first-order valence-electron chi connectivity index (χ1n) is 6.86. The lowest BCUT2D eigenvalue weighted by Gasteiger charge is -2.35. The number of rotatable bonds is 7. The van der Waals surface area contributed by atoms with Crippen molar-refractivity contribution >= 4 is 15.9 Å². The maximum atomic E-state index is 5.58. The molecule has 2 nitrogen and oxygen atoms in total. The van der Waals surface area contributed by atoms with Crippen LogP contribution in [-0.2, 0) is 9.47 Å². The number of alkyl halides is 1. The maximum absolute atomic E-state index is 5.58. The van der Waals surface area contributed by atoms with Crippen LogP contribution in [0.4, 0.5) is 0 Å². The Kier molecular flexibility index (Phi) is 7.72. The molecular formula is C14H27BrO2. The molecule has 0 spiro atoms. The van der Waals surface area contributed by atoms with Crippen LogP contribution in [0.25, 0.3) is 0 Å². The van der Waals surface area contributed by atoms with E-state index in [0.717, 1.165) is 31.0 Å². The third kappa shape index (κ3) is 5.71. The highest BCUT2D eigenvalue weighted by molar-refractivity contribution is 9.09. The topological polar surface area (TPSA) is 18.5 Å². The third-order valence-electron chi connectivity index (χ3n) is 3.94. The summed E-state index contributed by atoms with van der Waals surface area (Å²) in [5, 5.41) is 0. The van der Waals surface area contributed by atoms with Gasteiger partial charge in [-0.2, -0.15) is 0 Å². The van der Waals surface area contributed by atoms with Crippen molar-refractivity contribution in [2.45, 2.75) is 44.4 Å². The Morgan fingerprint density at radius 2 is 1.94 bits per heavy atom. The van der Waals surface area contributed by atoms with Crippen LogP contribution in [-0.4, -0.2) is 31.8 Å². The zero-order valence-corrected chi connectivity index (χ0v) is 13.0. The van der Waals surface area contributed by atoms with Gasteiger partial charge in [0.05, 0.1) is 13.2 Å². The van der Waals surface area contributed by atoms with Gasteiger partial charge in [0.2, 0.25) is 0 Å². The minimum atomic E-state index is 0.698. The number of methoxy groups -OCH3 is 1. The van der Waals surface area contributed by atoms with Gasteiger partial charge in [0, 0.05) is 18.5 Å². The summed E-state index contributed by atoms with van der Waals surface area (Å²) in [7, 11) is 1.71. The molecule has 1 rings (SSSR count). The molecule has 3 unspecified atom stereocenters. The fourth-order valence-corrected chi connectivity index (χ4v) is 3.39. The molecule has 17 heavy (non-hydrogen) atoms. The van der Waals surface area contributed by atoms with Crippen molar-refractivity contribution in [1.29, 1.82) is 0 Å². The Labute approximate surface area is 115 Å². The molecule has 0 aromatic heterocycles. The molecule has 1 saturated carbocycles. The lowest BCUT2D eigenvalue weighted by Crippen LogP contribution is -2.28. The molecule has 0 radical (unpaired) electrons. The van der Waals surface area contributed by atoms with Crippen molar-refractivity contribution in [3.05, 3.63) is 0 Å². The molecule has 0 heterocycles. The van der Waals surface area contributed by atoms with Crippen molar-refractivity contribution in [2.75, 3.05) is 26.9 Å². The van der Waals surface area contributed by atoms with Gasteiger partial charge in [-0.05, 0) is 43.4 Å². The van der Waals surface area contributed by atoms with Gasteiger partial charge in [-0.3, -0.25) is 0 Å². The standard InChI is InChI=1S/C14H27BrO2/c1-11(2)12-4-5-14(15)13(10-12)6-7-17-9-8-16-3/h11-14H,4-10H2,1-3H3. The normalized spacial score (nSPS) is 29.8. The summed E-state index contributed by atoms with van der Waals surface area (Å²) in [6.07, 6.45) is 5.25. The maximum Gasteiger partial charge on any atom is 0.0700 e. The molecular weight excluding hydrogens is 280 g/mol. The van der Waals surface area contributed by atoms with Gasteiger partial charge in [-0.1, -0.05) is 29.8 Å². The highest BCUT2D eigenvalue weighted by Crippen LogP contribution is 2.38. The molecule has 0 bridgehead atoms. The van der Waals surface area contributed by atoms with Gasteiger partial charge in [-0.15, -0.1) is 0 Å². The van der Waals surface area contributed by atoms with Gasteiger partial charge in [0.25, 0.3) is 0 Å². The monoisotopic (exact) mass is 306 g/mol. The van der Waals surface area contributed by atoms with E-state index in [-0.39, 0.29) is 0 Å². The fraction of sp³-hybridized carbons (Fsp3) is 1.00. The zero-order chi connectivity index (χ0) is 12.7. The summed E-state index contributed by atoms with van der Waals surface area (Å²) in [5.41, 5.74) is 0. The Bertz CT molecular complexity index is 197. The van der Waals surface area contributed by atoms with Crippen LogP contribution in [0.3, 0.4) is 0 Å². The van der Waals surface area contributed by atoms with Crippen LogP contribution in [0.2, 0.25) is 0 Å². The molecule has 102 valence electrons. The lowest BCUT2D eigenvalue weighted by atomic mass is 9.75. The second-order valence-corrected chi connectivity index (χ2v) is 6.66. The Hall–Kier alpha value is 0.400. The van der Waals surface area contributed by atoms with Crippen molar-refractivity contribution in [2.24, 2.45) is 17.8 Å². The molecule has 1 aliphatic rings. The molecule has 0 aromatic carbocycles. The van der Waals surface area contributed by atoms with E-state index in [2.05, 4.69) is 29.8 Å². The number of hydrogen-bond donors (Lipinski definition) is 0. The zero-order valence-electron chi connectivity index (χ0n) is 11.5. The largest absolute Gasteiger partial charge is 0.382 e. The number of ether oxygens (including phenoxy) is 2. The van der Waals surface area contributed by atoms with Crippen molar-refractivity contribution < 1.29 is 9.47 Å². The lowest BCUT2D eigenvalue weighted by molar-refractivity contribution is 0.0586. The van der Waals surface area contributed by atoms with Gasteiger partial charge in [0.1, 0.15) is 0 Å². The minimum Gasteiger partial charge on any atom is -0.382 e. The summed E-state index contributed by atoms with van der Waals surface area (Å²) in [5.74, 6) is 2.53. The van der Waals surface area contributed by atoms with Gasteiger partial charge >= 0.3 is 0 Å². The van der Waals surface area contributed by atoms with Gasteiger partial charge < -0.3 is 9.47 Å². The third-order valence-corrected chi connectivity index (χ3v) is 5.14. The van der Waals surface area contributed by atoms with Crippen LogP contribution in [0.15, 0.2) is 0 Å². The van der Waals surface area contributed by atoms with E-state index in [0.29, 0.717) is 11.4 Å².